The van der Waals surface area contributed by atoms with Gasteiger partial charge in [-0.05, 0) is 30.3 Å². The summed E-state index contributed by atoms with van der Waals surface area (Å²) >= 11 is 2.02. The second-order valence-corrected chi connectivity index (χ2v) is 6.42. The fourth-order valence-electron chi connectivity index (χ4n) is 2.17. The Kier molecular flexibility index (Phi) is 5.99. The molecule has 2 nitrogen and oxygen atoms in total. The zero-order valence-electron chi connectivity index (χ0n) is 12.7. The summed E-state index contributed by atoms with van der Waals surface area (Å²) in [6, 6.07) is 10.7. The highest BCUT2D eigenvalue weighted by atomic mass is 32.2. The third-order valence-corrected chi connectivity index (χ3v) is 5.00. The van der Waals surface area contributed by atoms with Crippen LogP contribution in [0.1, 0.15) is 39.0 Å². The van der Waals surface area contributed by atoms with E-state index >= 15 is 0 Å². The van der Waals surface area contributed by atoms with Gasteiger partial charge in [0.25, 0.3) is 0 Å². The number of rotatable bonds is 8. The van der Waals surface area contributed by atoms with Crippen molar-refractivity contribution in [3.05, 3.63) is 36.1 Å². The van der Waals surface area contributed by atoms with Crippen molar-refractivity contribution in [3.63, 3.8) is 0 Å². The molecule has 3 heteroatoms. The lowest BCUT2D eigenvalue weighted by Crippen LogP contribution is -2.22. The minimum atomic E-state index is 0.307. The maximum absolute atomic E-state index is 5.99. The summed E-state index contributed by atoms with van der Waals surface area (Å²) in [6.45, 7) is 7.68. The molecular formula is C17H25NOS. The van der Waals surface area contributed by atoms with E-state index in [4.69, 9.17) is 4.42 Å². The predicted molar refractivity (Wildman–Crippen MR) is 89.4 cm³/mol. The molecule has 0 amide bonds. The Morgan fingerprint density at radius 3 is 2.70 bits per heavy atom. The summed E-state index contributed by atoms with van der Waals surface area (Å²) < 4.78 is 5.99. The smallest absolute Gasteiger partial charge is 0.134 e. The zero-order chi connectivity index (χ0) is 14.4. The van der Waals surface area contributed by atoms with E-state index in [1.807, 2.05) is 23.9 Å². The summed E-state index contributed by atoms with van der Waals surface area (Å²) in [5, 5.41) is 4.73. The Balaban J connectivity index is 2.03. The molecule has 0 aliphatic heterocycles. The molecular weight excluding hydrogens is 266 g/mol. The van der Waals surface area contributed by atoms with Crippen molar-refractivity contribution in [2.45, 2.75) is 33.2 Å². The van der Waals surface area contributed by atoms with Gasteiger partial charge in [0, 0.05) is 11.1 Å². The number of nitrogens with one attached hydrogen (secondary N) is 1. The molecule has 0 radical (unpaired) electrons. The van der Waals surface area contributed by atoms with E-state index in [2.05, 4.69) is 44.3 Å². The number of furan rings is 1. The summed E-state index contributed by atoms with van der Waals surface area (Å²) in [5.41, 5.74) is 0.984. The highest BCUT2D eigenvalue weighted by molar-refractivity contribution is 7.99. The van der Waals surface area contributed by atoms with E-state index in [0.29, 0.717) is 6.04 Å². The van der Waals surface area contributed by atoms with Gasteiger partial charge in [0.1, 0.15) is 11.3 Å². The molecule has 0 bridgehead atoms. The van der Waals surface area contributed by atoms with Crippen LogP contribution in [0, 0.1) is 5.92 Å². The van der Waals surface area contributed by atoms with Crippen LogP contribution in [-0.2, 0) is 0 Å². The molecule has 2 rings (SSSR count). The Labute approximate surface area is 126 Å². The number of hydrogen-bond donors (Lipinski definition) is 1. The van der Waals surface area contributed by atoms with Crippen LogP contribution in [-0.4, -0.2) is 18.1 Å². The van der Waals surface area contributed by atoms with Crippen LogP contribution in [0.2, 0.25) is 0 Å². The van der Waals surface area contributed by atoms with Crippen molar-refractivity contribution < 1.29 is 4.42 Å². The van der Waals surface area contributed by atoms with Crippen LogP contribution in [0.25, 0.3) is 11.0 Å². The van der Waals surface area contributed by atoms with E-state index in [9.17, 15) is 0 Å². The monoisotopic (exact) mass is 291 g/mol. The van der Waals surface area contributed by atoms with Crippen LogP contribution in [0.15, 0.2) is 34.7 Å². The van der Waals surface area contributed by atoms with Crippen LogP contribution in [0.5, 0.6) is 0 Å². The molecule has 2 unspecified atom stereocenters. The van der Waals surface area contributed by atoms with Crippen molar-refractivity contribution in [1.29, 1.82) is 0 Å². The van der Waals surface area contributed by atoms with E-state index < -0.39 is 0 Å². The molecule has 0 spiro atoms. The van der Waals surface area contributed by atoms with Crippen molar-refractivity contribution in [2.75, 3.05) is 18.1 Å². The van der Waals surface area contributed by atoms with E-state index in [0.717, 1.165) is 29.6 Å². The maximum atomic E-state index is 5.99. The lowest BCUT2D eigenvalue weighted by Gasteiger charge is -2.16. The molecule has 0 saturated heterocycles. The molecule has 0 aliphatic rings. The molecule has 1 aromatic carbocycles. The molecule has 2 atom stereocenters. The predicted octanol–water partition coefficient (Wildman–Crippen LogP) is 4.86. The molecule has 110 valence electrons. The minimum absolute atomic E-state index is 0.307. The summed E-state index contributed by atoms with van der Waals surface area (Å²) in [7, 11) is 0. The van der Waals surface area contributed by atoms with Gasteiger partial charge in [-0.3, -0.25) is 0 Å². The van der Waals surface area contributed by atoms with Gasteiger partial charge in [0.2, 0.25) is 0 Å². The molecule has 0 aliphatic carbocycles. The number of thioether (sulfide) groups is 1. The topological polar surface area (TPSA) is 25.2 Å². The highest BCUT2D eigenvalue weighted by Gasteiger charge is 2.15. The van der Waals surface area contributed by atoms with Crippen molar-refractivity contribution >= 4 is 22.7 Å². The first kappa shape index (κ1) is 15.5. The van der Waals surface area contributed by atoms with E-state index in [1.165, 1.54) is 17.6 Å². The summed E-state index contributed by atoms with van der Waals surface area (Å²) in [4.78, 5) is 0. The Morgan fingerprint density at radius 2 is 2.00 bits per heavy atom. The average Bonchev–Trinajstić information content (AvgIpc) is 2.89. The molecule has 1 N–H and O–H groups in total. The van der Waals surface area contributed by atoms with Crippen LogP contribution < -0.4 is 5.32 Å². The first-order valence-electron chi connectivity index (χ1n) is 7.54. The lowest BCUT2D eigenvalue weighted by atomic mass is 10.2. The number of benzene rings is 1. The minimum Gasteiger partial charge on any atom is -0.459 e. The first-order chi connectivity index (χ1) is 9.74. The van der Waals surface area contributed by atoms with Gasteiger partial charge in [-0.25, -0.2) is 0 Å². The standard InChI is InChI=1S/C17H25NOS/c1-4-13(3)11-20-12-15(18-5-2)17-10-14-8-6-7-9-16(14)19-17/h6-10,13,15,18H,4-5,11-12H2,1-3H3. The lowest BCUT2D eigenvalue weighted by molar-refractivity contribution is 0.463. The molecule has 0 saturated carbocycles. The third kappa shape index (κ3) is 4.03. The quantitative estimate of drug-likeness (QED) is 0.751. The van der Waals surface area contributed by atoms with Gasteiger partial charge in [0.15, 0.2) is 0 Å². The molecule has 1 heterocycles. The Morgan fingerprint density at radius 1 is 1.20 bits per heavy atom. The molecule has 1 aromatic heterocycles. The van der Waals surface area contributed by atoms with Crippen molar-refractivity contribution in [2.24, 2.45) is 5.92 Å². The van der Waals surface area contributed by atoms with Crippen LogP contribution in [0.3, 0.4) is 0 Å². The first-order valence-corrected chi connectivity index (χ1v) is 8.69. The van der Waals surface area contributed by atoms with Gasteiger partial charge < -0.3 is 9.73 Å². The fourth-order valence-corrected chi connectivity index (χ4v) is 3.46. The van der Waals surface area contributed by atoms with Crippen molar-refractivity contribution in [3.8, 4) is 0 Å². The van der Waals surface area contributed by atoms with Crippen LogP contribution >= 0.6 is 11.8 Å². The zero-order valence-corrected chi connectivity index (χ0v) is 13.5. The van der Waals surface area contributed by atoms with E-state index in [-0.39, 0.29) is 0 Å². The van der Waals surface area contributed by atoms with Gasteiger partial charge in [-0.1, -0.05) is 45.4 Å². The van der Waals surface area contributed by atoms with Gasteiger partial charge in [0.05, 0.1) is 6.04 Å². The summed E-state index contributed by atoms with van der Waals surface area (Å²) in [5.74, 6) is 4.14. The van der Waals surface area contributed by atoms with Crippen molar-refractivity contribution in [1.82, 2.24) is 5.32 Å². The van der Waals surface area contributed by atoms with Crippen LogP contribution in [0.4, 0.5) is 0 Å². The highest BCUT2D eigenvalue weighted by Crippen LogP contribution is 2.26. The van der Waals surface area contributed by atoms with Gasteiger partial charge in [-0.2, -0.15) is 11.8 Å². The van der Waals surface area contributed by atoms with Gasteiger partial charge >= 0.3 is 0 Å². The van der Waals surface area contributed by atoms with E-state index in [1.54, 1.807) is 0 Å². The summed E-state index contributed by atoms with van der Waals surface area (Å²) in [6.07, 6.45) is 1.25. The fraction of sp³-hybridized carbons (Fsp3) is 0.529. The SMILES string of the molecule is CCNC(CSCC(C)CC)c1cc2ccccc2o1. The number of fused-ring (bicyclic) bond motifs is 1. The second-order valence-electron chi connectivity index (χ2n) is 5.35. The normalized spacial score (nSPS) is 14.6. The number of hydrogen-bond acceptors (Lipinski definition) is 3. The molecule has 0 fully saturated rings. The Hall–Kier alpha value is -0.930. The maximum Gasteiger partial charge on any atom is 0.134 e. The third-order valence-electron chi connectivity index (χ3n) is 3.62. The number of para-hydroxylation sites is 1. The molecule has 2 aromatic rings. The Bertz CT molecular complexity index is 489. The van der Waals surface area contributed by atoms with Gasteiger partial charge in [-0.15, -0.1) is 0 Å². The second kappa shape index (κ2) is 7.75. The largest absolute Gasteiger partial charge is 0.459 e. The average molecular weight is 291 g/mol. The molecule has 20 heavy (non-hydrogen) atoms.